The summed E-state index contributed by atoms with van der Waals surface area (Å²) in [5, 5.41) is 19.0. The zero-order chi connectivity index (χ0) is 11.6. The van der Waals surface area contributed by atoms with Crippen LogP contribution in [0.25, 0.3) is 0 Å². The van der Waals surface area contributed by atoms with Gasteiger partial charge in [-0.1, -0.05) is 0 Å². The fraction of sp³-hybridized carbons (Fsp3) is 0.286. The third kappa shape index (κ3) is 2.21. The molecule has 0 unspecified atom stereocenters. The van der Waals surface area contributed by atoms with Crippen LogP contribution in [0.2, 0.25) is 0 Å². The fourth-order valence-electron chi connectivity index (χ4n) is 1.05. The Kier molecular flexibility index (Phi) is 2.89. The maximum atomic E-state index is 12.3. The maximum absolute atomic E-state index is 12.3. The van der Waals surface area contributed by atoms with Crippen molar-refractivity contribution in [1.29, 1.82) is 0 Å². The molecule has 0 saturated carbocycles. The summed E-state index contributed by atoms with van der Waals surface area (Å²) in [4.78, 5) is 12.3. The first-order chi connectivity index (χ1) is 6.88. The lowest BCUT2D eigenvalue weighted by molar-refractivity contribution is -0.386. The molecule has 1 N–H and O–H groups in total. The molecule has 0 fully saturated rings. The van der Waals surface area contributed by atoms with Gasteiger partial charge in [0, 0.05) is 12.3 Å². The van der Waals surface area contributed by atoms with E-state index < -0.39 is 34.7 Å². The second-order valence-corrected chi connectivity index (χ2v) is 2.57. The summed E-state index contributed by atoms with van der Waals surface area (Å²) in [7, 11) is 0. The predicted molar refractivity (Wildman–Crippen MR) is 41.8 cm³/mol. The van der Waals surface area contributed by atoms with Crippen LogP contribution in [0.4, 0.5) is 18.9 Å². The normalized spacial score (nSPS) is 11.5. The van der Waals surface area contributed by atoms with Crippen LogP contribution in [0.1, 0.15) is 11.3 Å². The molecular weight excluding hydrogens is 217 g/mol. The van der Waals surface area contributed by atoms with Crippen molar-refractivity contribution >= 4 is 5.69 Å². The summed E-state index contributed by atoms with van der Waals surface area (Å²) < 4.78 is 36.8. The second-order valence-electron chi connectivity index (χ2n) is 2.57. The molecule has 0 amide bonds. The molecule has 0 spiro atoms. The summed E-state index contributed by atoms with van der Waals surface area (Å²) in [5.41, 5.74) is -3.05. The minimum Gasteiger partial charge on any atom is -0.391 e. The van der Waals surface area contributed by atoms with Gasteiger partial charge in [-0.3, -0.25) is 15.1 Å². The van der Waals surface area contributed by atoms with Crippen LogP contribution in [0, 0.1) is 10.1 Å². The van der Waals surface area contributed by atoms with Gasteiger partial charge in [-0.2, -0.15) is 13.2 Å². The molecule has 5 nitrogen and oxygen atoms in total. The van der Waals surface area contributed by atoms with E-state index in [2.05, 4.69) is 4.98 Å². The molecule has 0 aliphatic rings. The van der Waals surface area contributed by atoms with E-state index in [0.717, 1.165) is 6.07 Å². The molecule has 0 atom stereocenters. The Morgan fingerprint density at radius 3 is 2.53 bits per heavy atom. The first kappa shape index (κ1) is 11.4. The lowest BCUT2D eigenvalue weighted by Crippen LogP contribution is -2.13. The van der Waals surface area contributed by atoms with Gasteiger partial charge in [0.25, 0.3) is 5.69 Å². The topological polar surface area (TPSA) is 76.3 Å². The highest BCUT2D eigenvalue weighted by atomic mass is 19.4. The van der Waals surface area contributed by atoms with Crippen molar-refractivity contribution in [3.63, 3.8) is 0 Å². The summed E-state index contributed by atoms with van der Waals surface area (Å²) in [6, 6.07) is 0.806. The Labute approximate surface area is 81.3 Å². The van der Waals surface area contributed by atoms with Crippen molar-refractivity contribution in [2.24, 2.45) is 0 Å². The van der Waals surface area contributed by atoms with Crippen LogP contribution in [0.5, 0.6) is 0 Å². The maximum Gasteiger partial charge on any atom is 0.433 e. The molecule has 1 heterocycles. The van der Waals surface area contributed by atoms with Gasteiger partial charge in [0.1, 0.15) is 0 Å². The van der Waals surface area contributed by atoms with Crippen molar-refractivity contribution in [2.75, 3.05) is 0 Å². The monoisotopic (exact) mass is 222 g/mol. The molecule has 82 valence electrons. The van der Waals surface area contributed by atoms with Gasteiger partial charge >= 0.3 is 6.18 Å². The Morgan fingerprint density at radius 2 is 2.13 bits per heavy atom. The Bertz CT molecular complexity index is 392. The van der Waals surface area contributed by atoms with Crippen LogP contribution in [0.15, 0.2) is 12.3 Å². The van der Waals surface area contributed by atoms with Crippen LogP contribution in [0.3, 0.4) is 0 Å². The summed E-state index contributed by atoms with van der Waals surface area (Å²) in [6.07, 6.45) is -4.13. The molecule has 1 rings (SSSR count). The number of pyridine rings is 1. The minimum absolute atomic E-state index is 0.681. The van der Waals surface area contributed by atoms with Gasteiger partial charge in [0.15, 0.2) is 5.69 Å². The number of nitro groups is 1. The Morgan fingerprint density at radius 1 is 1.53 bits per heavy atom. The van der Waals surface area contributed by atoms with Gasteiger partial charge in [-0.25, -0.2) is 0 Å². The van der Waals surface area contributed by atoms with Gasteiger partial charge < -0.3 is 5.11 Å². The first-order valence-corrected chi connectivity index (χ1v) is 3.68. The minimum atomic E-state index is -4.82. The Hall–Kier alpha value is -1.70. The number of nitrogens with zero attached hydrogens (tertiary/aromatic N) is 2. The molecule has 0 aromatic carbocycles. The van der Waals surface area contributed by atoms with Crippen LogP contribution in [-0.4, -0.2) is 15.0 Å². The van der Waals surface area contributed by atoms with E-state index in [1.807, 2.05) is 0 Å². The number of hydrogen-bond acceptors (Lipinski definition) is 4. The predicted octanol–water partition coefficient (Wildman–Crippen LogP) is 1.50. The number of halogens is 3. The van der Waals surface area contributed by atoms with Crippen LogP contribution in [-0.2, 0) is 12.8 Å². The molecule has 1 aromatic rings. The lowest BCUT2D eigenvalue weighted by atomic mass is 10.1. The highest BCUT2D eigenvalue weighted by Gasteiger charge is 2.38. The van der Waals surface area contributed by atoms with Gasteiger partial charge in [-0.15, -0.1) is 0 Å². The summed E-state index contributed by atoms with van der Waals surface area (Å²) >= 11 is 0. The summed E-state index contributed by atoms with van der Waals surface area (Å²) in [5.74, 6) is 0. The number of alkyl halides is 3. The van der Waals surface area contributed by atoms with E-state index in [4.69, 9.17) is 5.11 Å². The van der Waals surface area contributed by atoms with E-state index in [9.17, 15) is 23.3 Å². The van der Waals surface area contributed by atoms with E-state index in [1.165, 1.54) is 0 Å². The van der Waals surface area contributed by atoms with Crippen LogP contribution >= 0.6 is 0 Å². The van der Waals surface area contributed by atoms with E-state index in [1.54, 1.807) is 0 Å². The molecule has 0 bridgehead atoms. The third-order valence-corrected chi connectivity index (χ3v) is 1.65. The van der Waals surface area contributed by atoms with E-state index >= 15 is 0 Å². The zero-order valence-corrected chi connectivity index (χ0v) is 7.15. The fourth-order valence-corrected chi connectivity index (χ4v) is 1.05. The van der Waals surface area contributed by atoms with Crippen LogP contribution < -0.4 is 0 Å². The largest absolute Gasteiger partial charge is 0.433 e. The summed E-state index contributed by atoms with van der Waals surface area (Å²) in [6.45, 7) is -1.08. The van der Waals surface area contributed by atoms with Crippen molar-refractivity contribution in [3.8, 4) is 0 Å². The lowest BCUT2D eigenvalue weighted by Gasteiger charge is -2.09. The first-order valence-electron chi connectivity index (χ1n) is 3.68. The van der Waals surface area contributed by atoms with Crippen molar-refractivity contribution in [3.05, 3.63) is 33.6 Å². The van der Waals surface area contributed by atoms with Crippen molar-refractivity contribution in [1.82, 2.24) is 4.98 Å². The van der Waals surface area contributed by atoms with E-state index in [-0.39, 0.29) is 0 Å². The zero-order valence-electron chi connectivity index (χ0n) is 7.15. The Balaban J connectivity index is 3.42. The molecule has 0 saturated heterocycles. The number of aliphatic hydroxyl groups is 1. The molecule has 0 aliphatic heterocycles. The molecular formula is C7H5F3N2O3. The molecule has 1 aromatic heterocycles. The van der Waals surface area contributed by atoms with Gasteiger partial charge in [-0.05, 0) is 0 Å². The standard InChI is InChI=1S/C7H5F3N2O3/c8-7(9,10)6-4(3-13)5(12(14)15)1-2-11-6/h1-2,13H,3H2. The SMILES string of the molecule is O=[N+]([O-])c1ccnc(C(F)(F)F)c1CO. The molecule has 15 heavy (non-hydrogen) atoms. The molecule has 0 aliphatic carbocycles. The van der Waals surface area contributed by atoms with E-state index in [0.29, 0.717) is 6.20 Å². The number of aromatic nitrogens is 1. The highest BCUT2D eigenvalue weighted by molar-refractivity contribution is 5.42. The quantitative estimate of drug-likeness (QED) is 0.607. The smallest absolute Gasteiger partial charge is 0.391 e. The van der Waals surface area contributed by atoms with Gasteiger partial charge in [0.05, 0.1) is 17.1 Å². The van der Waals surface area contributed by atoms with Crippen molar-refractivity contribution < 1.29 is 23.2 Å². The third-order valence-electron chi connectivity index (χ3n) is 1.65. The average molecular weight is 222 g/mol. The van der Waals surface area contributed by atoms with Gasteiger partial charge in [0.2, 0.25) is 0 Å². The second kappa shape index (κ2) is 3.81. The number of aliphatic hydroxyl groups excluding tert-OH is 1. The number of rotatable bonds is 2. The highest BCUT2D eigenvalue weighted by Crippen LogP contribution is 2.33. The number of hydrogen-bond donors (Lipinski definition) is 1. The molecule has 8 heteroatoms. The average Bonchev–Trinajstić information content (AvgIpc) is 2.15. The molecule has 0 radical (unpaired) electrons. The van der Waals surface area contributed by atoms with Crippen molar-refractivity contribution in [2.45, 2.75) is 12.8 Å².